The number of halogens is 1. The summed E-state index contributed by atoms with van der Waals surface area (Å²) in [5.74, 6) is -0.0169. The number of aryl methyl sites for hydroxylation is 2. The van der Waals surface area contributed by atoms with E-state index in [0.717, 1.165) is 42.5 Å². The number of carbonyl (C=O) groups is 1. The van der Waals surface area contributed by atoms with Gasteiger partial charge in [0.25, 0.3) is 0 Å². The van der Waals surface area contributed by atoms with Gasteiger partial charge in [-0.1, -0.05) is 18.9 Å². The van der Waals surface area contributed by atoms with Gasteiger partial charge in [0.2, 0.25) is 5.91 Å². The van der Waals surface area contributed by atoms with Gasteiger partial charge in [0.05, 0.1) is 5.92 Å². The molecular formula is C16H25ClN2O. The van der Waals surface area contributed by atoms with E-state index in [0.29, 0.717) is 0 Å². The van der Waals surface area contributed by atoms with Crippen LogP contribution in [0.5, 0.6) is 0 Å². The third-order valence-electron chi connectivity index (χ3n) is 4.06. The summed E-state index contributed by atoms with van der Waals surface area (Å²) in [5, 5.41) is 3.03. The van der Waals surface area contributed by atoms with Crippen molar-refractivity contribution in [3.05, 3.63) is 29.3 Å². The Hall–Kier alpha value is -1.06. The second-order valence-electron chi connectivity index (χ2n) is 6.17. The van der Waals surface area contributed by atoms with E-state index in [9.17, 15) is 4.79 Å². The molecule has 4 heteroatoms. The molecule has 1 amide bonds. The van der Waals surface area contributed by atoms with Crippen LogP contribution in [0.25, 0.3) is 0 Å². The quantitative estimate of drug-likeness (QED) is 0.876. The van der Waals surface area contributed by atoms with Crippen molar-refractivity contribution in [3.63, 3.8) is 0 Å². The fraction of sp³-hybridized carbons (Fsp3) is 0.562. The summed E-state index contributed by atoms with van der Waals surface area (Å²) in [6.07, 6.45) is 4.04. The Morgan fingerprint density at radius 2 is 1.85 bits per heavy atom. The van der Waals surface area contributed by atoms with Gasteiger partial charge in [0.1, 0.15) is 0 Å². The molecule has 0 aromatic heterocycles. The second-order valence-corrected chi connectivity index (χ2v) is 6.17. The predicted octanol–water partition coefficient (Wildman–Crippen LogP) is 3.57. The van der Waals surface area contributed by atoms with Crippen molar-refractivity contribution < 1.29 is 4.79 Å². The van der Waals surface area contributed by atoms with Crippen LogP contribution in [0.2, 0.25) is 0 Å². The lowest BCUT2D eigenvalue weighted by Gasteiger charge is -2.37. The zero-order valence-electron chi connectivity index (χ0n) is 12.5. The minimum Gasteiger partial charge on any atom is -0.326 e. The lowest BCUT2D eigenvalue weighted by atomic mass is 9.74. The molecule has 2 rings (SSSR count). The van der Waals surface area contributed by atoms with Crippen LogP contribution in [0.1, 0.15) is 43.7 Å². The molecule has 3 N–H and O–H groups in total. The molecule has 3 nitrogen and oxygen atoms in total. The Labute approximate surface area is 127 Å². The lowest BCUT2D eigenvalue weighted by molar-refractivity contribution is -0.122. The van der Waals surface area contributed by atoms with Crippen LogP contribution in [-0.2, 0) is 4.79 Å². The third kappa shape index (κ3) is 3.97. The van der Waals surface area contributed by atoms with Crippen molar-refractivity contribution in [2.75, 3.05) is 5.32 Å². The molecule has 2 unspecified atom stereocenters. The predicted molar refractivity (Wildman–Crippen MR) is 86.3 cm³/mol. The zero-order valence-corrected chi connectivity index (χ0v) is 13.3. The van der Waals surface area contributed by atoms with Crippen LogP contribution in [0, 0.1) is 19.8 Å². The van der Waals surface area contributed by atoms with Crippen molar-refractivity contribution in [3.8, 4) is 0 Å². The van der Waals surface area contributed by atoms with Crippen molar-refractivity contribution >= 4 is 24.0 Å². The van der Waals surface area contributed by atoms with E-state index >= 15 is 0 Å². The number of nitrogens with one attached hydrogen (secondary N) is 1. The van der Waals surface area contributed by atoms with E-state index in [2.05, 4.69) is 11.4 Å². The fourth-order valence-electron chi connectivity index (χ4n) is 3.07. The summed E-state index contributed by atoms with van der Waals surface area (Å²) in [6, 6.07) is 6.10. The highest BCUT2D eigenvalue weighted by Gasteiger charge is 2.37. The van der Waals surface area contributed by atoms with Crippen molar-refractivity contribution in [2.24, 2.45) is 11.7 Å². The van der Waals surface area contributed by atoms with Crippen LogP contribution < -0.4 is 11.1 Å². The maximum atomic E-state index is 12.4. The second kappa shape index (κ2) is 6.59. The number of carbonyl (C=O) groups excluding carboxylic acids is 1. The van der Waals surface area contributed by atoms with Gasteiger partial charge in [0.15, 0.2) is 0 Å². The largest absolute Gasteiger partial charge is 0.326 e. The Morgan fingerprint density at radius 3 is 2.40 bits per heavy atom. The molecule has 0 spiro atoms. The smallest absolute Gasteiger partial charge is 0.229 e. The first-order chi connectivity index (χ1) is 8.88. The van der Waals surface area contributed by atoms with Crippen molar-refractivity contribution in [1.82, 2.24) is 0 Å². The number of anilines is 1. The van der Waals surface area contributed by atoms with Crippen LogP contribution >= 0.6 is 12.4 Å². The summed E-state index contributed by atoms with van der Waals surface area (Å²) >= 11 is 0. The monoisotopic (exact) mass is 296 g/mol. The van der Waals surface area contributed by atoms with Crippen molar-refractivity contribution in [2.45, 2.75) is 52.0 Å². The number of rotatable bonds is 2. The number of hydrogen-bond acceptors (Lipinski definition) is 2. The first-order valence-electron chi connectivity index (χ1n) is 7.06. The molecule has 0 bridgehead atoms. The summed E-state index contributed by atoms with van der Waals surface area (Å²) in [7, 11) is 0. The average Bonchev–Trinajstić information content (AvgIpc) is 2.26. The Kier molecular flexibility index (Phi) is 5.60. The minimum atomic E-state index is -0.374. The zero-order chi connectivity index (χ0) is 14.0. The first-order valence-corrected chi connectivity index (χ1v) is 7.06. The molecular weight excluding hydrogens is 272 g/mol. The van der Waals surface area contributed by atoms with E-state index in [-0.39, 0.29) is 29.8 Å². The highest BCUT2D eigenvalue weighted by Crippen LogP contribution is 2.32. The van der Waals surface area contributed by atoms with Crippen molar-refractivity contribution in [1.29, 1.82) is 0 Å². The molecule has 0 heterocycles. The van der Waals surface area contributed by atoms with Crippen LogP contribution in [0.15, 0.2) is 18.2 Å². The molecule has 20 heavy (non-hydrogen) atoms. The molecule has 0 aliphatic heterocycles. The van der Waals surface area contributed by atoms with Gasteiger partial charge < -0.3 is 11.1 Å². The first kappa shape index (κ1) is 17.0. The standard InChI is InChI=1S/C16H24N2O.ClH/c1-11-8-12(2)10-13(9-11)18-15(19)14-6-4-5-7-16(14,3)17;/h8-10,14H,4-7,17H2,1-3H3,(H,18,19);1H. The van der Waals surface area contributed by atoms with Gasteiger partial charge in [-0.3, -0.25) is 4.79 Å². The molecule has 1 saturated carbocycles. The lowest BCUT2D eigenvalue weighted by Crippen LogP contribution is -2.51. The van der Waals surface area contributed by atoms with E-state index in [1.807, 2.05) is 32.9 Å². The molecule has 1 fully saturated rings. The molecule has 1 aliphatic rings. The van der Waals surface area contributed by atoms with Gasteiger partial charge in [-0.2, -0.15) is 0 Å². The molecule has 1 aromatic rings. The molecule has 2 atom stereocenters. The van der Waals surface area contributed by atoms with E-state index < -0.39 is 0 Å². The summed E-state index contributed by atoms with van der Waals surface area (Å²) in [4.78, 5) is 12.4. The Balaban J connectivity index is 0.00000200. The van der Waals surface area contributed by atoms with Crippen LogP contribution in [0.3, 0.4) is 0 Å². The number of amides is 1. The maximum absolute atomic E-state index is 12.4. The fourth-order valence-corrected chi connectivity index (χ4v) is 3.07. The molecule has 0 saturated heterocycles. The van der Waals surface area contributed by atoms with Gasteiger partial charge in [0, 0.05) is 11.2 Å². The Bertz CT molecular complexity index is 465. The summed E-state index contributed by atoms with van der Waals surface area (Å²) in [6.45, 7) is 6.07. The maximum Gasteiger partial charge on any atom is 0.229 e. The van der Waals surface area contributed by atoms with Crippen LogP contribution in [0.4, 0.5) is 5.69 Å². The Morgan fingerprint density at radius 1 is 1.25 bits per heavy atom. The SMILES string of the molecule is Cc1cc(C)cc(NC(=O)C2CCCCC2(C)N)c1.Cl. The molecule has 1 aliphatic carbocycles. The summed E-state index contributed by atoms with van der Waals surface area (Å²) < 4.78 is 0. The van der Waals surface area contributed by atoms with E-state index in [1.54, 1.807) is 0 Å². The molecule has 112 valence electrons. The van der Waals surface area contributed by atoms with Gasteiger partial charge in [-0.15, -0.1) is 12.4 Å². The normalized spacial score (nSPS) is 25.7. The molecule has 0 radical (unpaired) electrons. The highest BCUT2D eigenvalue weighted by atomic mass is 35.5. The summed E-state index contributed by atoms with van der Waals surface area (Å²) in [5.41, 5.74) is 9.10. The highest BCUT2D eigenvalue weighted by molar-refractivity contribution is 5.93. The van der Waals surface area contributed by atoms with Gasteiger partial charge in [-0.25, -0.2) is 0 Å². The number of benzene rings is 1. The van der Waals surface area contributed by atoms with Gasteiger partial charge >= 0.3 is 0 Å². The number of hydrogen-bond donors (Lipinski definition) is 2. The van der Waals surface area contributed by atoms with Crippen LogP contribution in [-0.4, -0.2) is 11.4 Å². The minimum absolute atomic E-state index is 0. The average molecular weight is 297 g/mol. The topological polar surface area (TPSA) is 55.1 Å². The number of nitrogens with two attached hydrogens (primary N) is 1. The third-order valence-corrected chi connectivity index (χ3v) is 4.06. The van der Waals surface area contributed by atoms with E-state index in [1.165, 1.54) is 0 Å². The molecule has 1 aromatic carbocycles. The van der Waals surface area contributed by atoms with E-state index in [4.69, 9.17) is 5.73 Å². The van der Waals surface area contributed by atoms with Gasteiger partial charge in [-0.05, 0) is 56.9 Å².